The highest BCUT2D eigenvalue weighted by Crippen LogP contribution is 2.21. The van der Waals surface area contributed by atoms with Crippen LogP contribution in [0.5, 0.6) is 0 Å². The van der Waals surface area contributed by atoms with E-state index in [0.29, 0.717) is 10.7 Å². The Morgan fingerprint density at radius 1 is 1.43 bits per heavy atom. The standard InChI is InChI=1S/C13H14N4O3S/c1-8(13(19)20)6-17(2)12(18)10-7-21-11(16-10)9-5-14-3-4-15-9/h3-5,7-8H,6H2,1-2H3,(H,19,20). The molecule has 2 aromatic heterocycles. The molecule has 0 aromatic carbocycles. The van der Waals surface area contributed by atoms with Gasteiger partial charge in [0.1, 0.15) is 16.4 Å². The second-order valence-electron chi connectivity index (χ2n) is 4.55. The molecular formula is C13H14N4O3S. The van der Waals surface area contributed by atoms with Crippen LogP contribution >= 0.6 is 11.3 Å². The molecular weight excluding hydrogens is 292 g/mol. The van der Waals surface area contributed by atoms with Crippen LogP contribution in [0.15, 0.2) is 24.0 Å². The van der Waals surface area contributed by atoms with E-state index in [2.05, 4.69) is 15.0 Å². The summed E-state index contributed by atoms with van der Waals surface area (Å²) in [4.78, 5) is 36.7. The highest BCUT2D eigenvalue weighted by Gasteiger charge is 2.20. The fraction of sp³-hybridized carbons (Fsp3) is 0.308. The van der Waals surface area contributed by atoms with E-state index < -0.39 is 11.9 Å². The van der Waals surface area contributed by atoms with Gasteiger partial charge in [-0.2, -0.15) is 0 Å². The van der Waals surface area contributed by atoms with Crippen LogP contribution in [0.4, 0.5) is 0 Å². The first-order valence-electron chi connectivity index (χ1n) is 6.19. The fourth-order valence-corrected chi connectivity index (χ4v) is 2.42. The number of nitrogens with zero attached hydrogens (tertiary/aromatic N) is 4. The lowest BCUT2D eigenvalue weighted by Crippen LogP contribution is -2.33. The van der Waals surface area contributed by atoms with Crippen LogP contribution in [0, 0.1) is 5.92 Å². The van der Waals surface area contributed by atoms with Gasteiger partial charge in [-0.3, -0.25) is 19.6 Å². The van der Waals surface area contributed by atoms with E-state index in [1.807, 2.05) is 0 Å². The third-order valence-corrected chi connectivity index (χ3v) is 3.69. The van der Waals surface area contributed by atoms with Crippen molar-refractivity contribution < 1.29 is 14.7 Å². The Bertz CT molecular complexity index is 644. The third-order valence-electron chi connectivity index (χ3n) is 2.82. The van der Waals surface area contributed by atoms with Gasteiger partial charge in [0.05, 0.1) is 12.1 Å². The number of aromatic nitrogens is 3. The molecule has 1 unspecified atom stereocenters. The van der Waals surface area contributed by atoms with E-state index in [0.717, 1.165) is 0 Å². The Balaban J connectivity index is 2.10. The molecule has 2 aromatic rings. The number of hydrogen-bond donors (Lipinski definition) is 1. The topological polar surface area (TPSA) is 96.3 Å². The number of carbonyl (C=O) groups excluding carboxylic acids is 1. The molecule has 0 saturated heterocycles. The minimum Gasteiger partial charge on any atom is -0.481 e. The minimum absolute atomic E-state index is 0.131. The van der Waals surface area contributed by atoms with Crippen LogP contribution in [0.2, 0.25) is 0 Å². The maximum Gasteiger partial charge on any atom is 0.308 e. The molecule has 1 atom stereocenters. The Labute approximate surface area is 125 Å². The predicted molar refractivity (Wildman–Crippen MR) is 76.9 cm³/mol. The van der Waals surface area contributed by atoms with E-state index in [1.54, 1.807) is 37.9 Å². The zero-order valence-electron chi connectivity index (χ0n) is 11.6. The molecule has 0 aliphatic rings. The molecule has 2 rings (SSSR count). The third kappa shape index (κ3) is 3.60. The Morgan fingerprint density at radius 3 is 2.81 bits per heavy atom. The first-order valence-corrected chi connectivity index (χ1v) is 7.07. The van der Waals surface area contributed by atoms with Crippen LogP contribution in [0.3, 0.4) is 0 Å². The molecule has 0 aliphatic carbocycles. The van der Waals surface area contributed by atoms with Crippen LogP contribution in [-0.2, 0) is 4.79 Å². The molecule has 0 spiro atoms. The van der Waals surface area contributed by atoms with Crippen molar-refractivity contribution in [1.82, 2.24) is 19.9 Å². The van der Waals surface area contributed by atoms with Crippen molar-refractivity contribution in [1.29, 1.82) is 0 Å². The quantitative estimate of drug-likeness (QED) is 0.896. The van der Waals surface area contributed by atoms with Crippen molar-refractivity contribution in [2.24, 2.45) is 5.92 Å². The molecule has 0 bridgehead atoms. The molecule has 8 heteroatoms. The molecule has 1 amide bonds. The second kappa shape index (κ2) is 6.40. The Hall–Kier alpha value is -2.35. The summed E-state index contributed by atoms with van der Waals surface area (Å²) in [6, 6.07) is 0. The van der Waals surface area contributed by atoms with Crippen LogP contribution in [0.25, 0.3) is 10.7 Å². The van der Waals surface area contributed by atoms with E-state index >= 15 is 0 Å². The lowest BCUT2D eigenvalue weighted by atomic mass is 10.2. The molecule has 0 saturated carbocycles. The van der Waals surface area contributed by atoms with Gasteiger partial charge < -0.3 is 10.0 Å². The summed E-state index contributed by atoms with van der Waals surface area (Å²) < 4.78 is 0. The van der Waals surface area contributed by atoms with Crippen molar-refractivity contribution in [3.8, 4) is 10.7 Å². The number of amides is 1. The van der Waals surface area contributed by atoms with E-state index in [-0.39, 0.29) is 18.1 Å². The minimum atomic E-state index is -0.937. The smallest absolute Gasteiger partial charge is 0.308 e. The number of carboxylic acid groups (broad SMARTS) is 1. The van der Waals surface area contributed by atoms with Crippen LogP contribution in [0.1, 0.15) is 17.4 Å². The zero-order valence-corrected chi connectivity index (χ0v) is 12.4. The fourth-order valence-electron chi connectivity index (χ4n) is 1.67. The Morgan fingerprint density at radius 2 is 2.19 bits per heavy atom. The molecule has 2 heterocycles. The van der Waals surface area contributed by atoms with Gasteiger partial charge in [-0.25, -0.2) is 4.98 Å². The van der Waals surface area contributed by atoms with Crippen molar-refractivity contribution in [2.45, 2.75) is 6.92 Å². The van der Waals surface area contributed by atoms with Gasteiger partial charge in [0.25, 0.3) is 5.91 Å². The van der Waals surface area contributed by atoms with Gasteiger partial charge in [-0.05, 0) is 0 Å². The summed E-state index contributed by atoms with van der Waals surface area (Å²) in [7, 11) is 1.56. The molecule has 0 aliphatic heterocycles. The van der Waals surface area contributed by atoms with Gasteiger partial charge in [0.15, 0.2) is 0 Å². The predicted octanol–water partition coefficient (Wildman–Crippen LogP) is 1.39. The number of thiazole rings is 1. The maximum atomic E-state index is 12.2. The van der Waals surface area contributed by atoms with Crippen LogP contribution in [-0.4, -0.2) is 50.4 Å². The monoisotopic (exact) mass is 306 g/mol. The summed E-state index contributed by atoms with van der Waals surface area (Å²) in [6.45, 7) is 1.68. The number of hydrogen-bond acceptors (Lipinski definition) is 6. The Kier molecular flexibility index (Phi) is 4.59. The normalized spacial score (nSPS) is 11.9. The van der Waals surface area contributed by atoms with E-state index in [1.165, 1.54) is 16.2 Å². The molecule has 7 nitrogen and oxygen atoms in total. The van der Waals surface area contributed by atoms with Crippen molar-refractivity contribution in [3.63, 3.8) is 0 Å². The van der Waals surface area contributed by atoms with E-state index in [9.17, 15) is 9.59 Å². The largest absolute Gasteiger partial charge is 0.481 e. The molecule has 0 radical (unpaired) electrons. The average molecular weight is 306 g/mol. The van der Waals surface area contributed by atoms with Crippen LogP contribution < -0.4 is 0 Å². The molecule has 110 valence electrons. The lowest BCUT2D eigenvalue weighted by Gasteiger charge is -2.18. The van der Waals surface area contributed by atoms with Crippen molar-refractivity contribution in [2.75, 3.05) is 13.6 Å². The summed E-state index contributed by atoms with van der Waals surface area (Å²) in [5, 5.41) is 11.1. The van der Waals surface area contributed by atoms with Gasteiger partial charge in [0, 0.05) is 31.4 Å². The summed E-state index contributed by atoms with van der Waals surface area (Å²) in [5.74, 6) is -1.88. The average Bonchev–Trinajstić information content (AvgIpc) is 2.96. The van der Waals surface area contributed by atoms with Gasteiger partial charge in [-0.15, -0.1) is 11.3 Å². The summed E-state index contributed by atoms with van der Waals surface area (Å²) >= 11 is 1.30. The number of carboxylic acids is 1. The SMILES string of the molecule is CC(CN(C)C(=O)c1csc(-c2cnccn2)n1)C(=O)O. The summed E-state index contributed by atoms with van der Waals surface area (Å²) in [5.41, 5.74) is 0.879. The highest BCUT2D eigenvalue weighted by atomic mass is 32.1. The zero-order chi connectivity index (χ0) is 15.4. The highest BCUT2D eigenvalue weighted by molar-refractivity contribution is 7.13. The number of aliphatic carboxylic acids is 1. The number of rotatable bonds is 5. The first kappa shape index (κ1) is 15.0. The van der Waals surface area contributed by atoms with Gasteiger partial charge in [0.2, 0.25) is 0 Å². The number of carbonyl (C=O) groups is 2. The summed E-state index contributed by atoms with van der Waals surface area (Å²) in [6.07, 6.45) is 4.69. The lowest BCUT2D eigenvalue weighted by molar-refractivity contribution is -0.141. The molecule has 0 fully saturated rings. The van der Waals surface area contributed by atoms with Crippen molar-refractivity contribution in [3.05, 3.63) is 29.7 Å². The van der Waals surface area contributed by atoms with E-state index in [4.69, 9.17) is 5.11 Å². The maximum absolute atomic E-state index is 12.2. The molecule has 1 N–H and O–H groups in total. The van der Waals surface area contributed by atoms with Crippen molar-refractivity contribution >= 4 is 23.2 Å². The first-order chi connectivity index (χ1) is 9.99. The second-order valence-corrected chi connectivity index (χ2v) is 5.41. The van der Waals surface area contributed by atoms with Gasteiger partial charge >= 0.3 is 5.97 Å². The van der Waals surface area contributed by atoms with Gasteiger partial charge in [-0.1, -0.05) is 6.92 Å². The molecule has 21 heavy (non-hydrogen) atoms.